The summed E-state index contributed by atoms with van der Waals surface area (Å²) in [7, 11) is 2.79. The second-order valence-corrected chi connectivity index (χ2v) is 7.51. The van der Waals surface area contributed by atoms with Crippen LogP contribution in [-0.4, -0.2) is 46.5 Å². The van der Waals surface area contributed by atoms with Gasteiger partial charge in [0.05, 0.1) is 31.1 Å². The molecule has 26 heavy (non-hydrogen) atoms. The molecule has 1 atom stereocenters. The first-order valence-corrected chi connectivity index (χ1v) is 8.86. The Kier molecular flexibility index (Phi) is 6.14. The number of aliphatic carboxylic acids is 1. The molecule has 1 aromatic carbocycles. The standard InChI is InChI=1S/C17H19NO6S2/c1-8(2)13(16(21)22)18-15(20)12(26-17(18)25)7-9-5-10(23-3)14(19)11(6-9)24-4/h5-8,13,19H,1-4H3,(H,21,22)/p-1/b12-7+/t13-/m1/s1. The maximum absolute atomic E-state index is 12.7. The van der Waals surface area contributed by atoms with E-state index in [4.69, 9.17) is 21.7 Å². The fourth-order valence-electron chi connectivity index (χ4n) is 2.54. The maximum atomic E-state index is 12.7. The summed E-state index contributed by atoms with van der Waals surface area (Å²) in [5, 5.41) is 21.4. The van der Waals surface area contributed by atoms with E-state index in [1.54, 1.807) is 13.8 Å². The highest BCUT2D eigenvalue weighted by Crippen LogP contribution is 2.40. The van der Waals surface area contributed by atoms with Crippen molar-refractivity contribution in [2.75, 3.05) is 14.2 Å². The Morgan fingerprint density at radius 2 is 1.85 bits per heavy atom. The molecular weight excluding hydrogens is 378 g/mol. The van der Waals surface area contributed by atoms with Crippen LogP contribution in [0, 0.1) is 5.92 Å². The number of hydrogen-bond acceptors (Lipinski definition) is 8. The molecule has 1 aromatic rings. The van der Waals surface area contributed by atoms with E-state index in [9.17, 15) is 19.8 Å². The Balaban J connectivity index is 2.43. The smallest absolute Gasteiger partial charge is 0.266 e. The number of ether oxygens (including phenoxy) is 2. The van der Waals surface area contributed by atoms with Crippen molar-refractivity contribution in [2.45, 2.75) is 19.9 Å². The van der Waals surface area contributed by atoms with Gasteiger partial charge in [-0.05, 0) is 29.7 Å². The molecule has 0 bridgehead atoms. The number of phenolic OH excluding ortho intramolecular Hbond substituents is 1. The molecule has 1 amide bonds. The maximum Gasteiger partial charge on any atom is 0.266 e. The van der Waals surface area contributed by atoms with Crippen molar-refractivity contribution in [3.8, 4) is 17.2 Å². The molecule has 1 aliphatic heterocycles. The number of nitrogens with zero attached hydrogens (tertiary/aromatic N) is 1. The normalized spacial score (nSPS) is 17.1. The molecule has 1 fully saturated rings. The summed E-state index contributed by atoms with van der Waals surface area (Å²) in [4.78, 5) is 25.5. The molecule has 9 heteroatoms. The first-order chi connectivity index (χ1) is 12.2. The molecule has 0 radical (unpaired) electrons. The SMILES string of the molecule is COc1cc(/C=C2/SC(=S)N([C@@H](C(=O)[O-])C(C)C)C2=O)cc(OC)c1O. The zero-order valence-corrected chi connectivity index (χ0v) is 16.3. The second-order valence-electron chi connectivity index (χ2n) is 5.83. The number of hydrogen-bond donors (Lipinski definition) is 1. The number of carboxylic acid groups (broad SMARTS) is 1. The van der Waals surface area contributed by atoms with Crippen LogP contribution in [0.3, 0.4) is 0 Å². The number of carboxylic acids is 1. The van der Waals surface area contributed by atoms with Crippen LogP contribution in [0.5, 0.6) is 17.2 Å². The summed E-state index contributed by atoms with van der Waals surface area (Å²) in [5.74, 6) is -2.02. The lowest BCUT2D eigenvalue weighted by Gasteiger charge is -2.30. The highest BCUT2D eigenvalue weighted by molar-refractivity contribution is 8.26. The van der Waals surface area contributed by atoms with Gasteiger partial charge in [0.15, 0.2) is 11.5 Å². The Labute approximate surface area is 160 Å². The summed E-state index contributed by atoms with van der Waals surface area (Å²) in [6.45, 7) is 3.36. The van der Waals surface area contributed by atoms with E-state index in [-0.39, 0.29) is 32.4 Å². The molecule has 1 aliphatic rings. The number of carbonyl (C=O) groups excluding carboxylic acids is 2. The highest BCUT2D eigenvalue weighted by Gasteiger charge is 2.39. The highest BCUT2D eigenvalue weighted by atomic mass is 32.2. The summed E-state index contributed by atoms with van der Waals surface area (Å²) in [6, 6.07) is 1.92. The second kappa shape index (κ2) is 7.96. The predicted octanol–water partition coefficient (Wildman–Crippen LogP) is 1.39. The third-order valence-corrected chi connectivity index (χ3v) is 5.10. The molecule has 1 heterocycles. The minimum absolute atomic E-state index is 0.154. The fraction of sp³-hybridized carbons (Fsp3) is 0.353. The third-order valence-electron chi connectivity index (χ3n) is 3.77. The quantitative estimate of drug-likeness (QED) is 0.569. The molecule has 0 saturated carbocycles. The van der Waals surface area contributed by atoms with E-state index in [1.807, 2.05) is 0 Å². The zero-order chi connectivity index (χ0) is 19.6. The van der Waals surface area contributed by atoms with Gasteiger partial charge in [0.2, 0.25) is 5.75 Å². The van der Waals surface area contributed by atoms with E-state index in [2.05, 4.69) is 0 Å². The number of carbonyl (C=O) groups is 2. The number of aromatic hydroxyl groups is 1. The van der Waals surface area contributed by atoms with Gasteiger partial charge in [-0.1, -0.05) is 37.8 Å². The van der Waals surface area contributed by atoms with Gasteiger partial charge in [0.1, 0.15) is 4.32 Å². The van der Waals surface area contributed by atoms with E-state index >= 15 is 0 Å². The Hall–Kier alpha value is -2.26. The molecule has 140 valence electrons. The zero-order valence-electron chi connectivity index (χ0n) is 14.6. The lowest BCUT2D eigenvalue weighted by atomic mass is 10.0. The lowest BCUT2D eigenvalue weighted by molar-refractivity contribution is -0.311. The van der Waals surface area contributed by atoms with E-state index in [0.717, 1.165) is 16.7 Å². The van der Waals surface area contributed by atoms with Gasteiger partial charge in [-0.2, -0.15) is 0 Å². The molecule has 0 aromatic heterocycles. The van der Waals surface area contributed by atoms with Crippen LogP contribution in [0.1, 0.15) is 19.4 Å². The van der Waals surface area contributed by atoms with Crippen LogP contribution in [0.2, 0.25) is 0 Å². The minimum Gasteiger partial charge on any atom is -0.548 e. The van der Waals surface area contributed by atoms with Crippen molar-refractivity contribution in [3.05, 3.63) is 22.6 Å². The van der Waals surface area contributed by atoms with Crippen molar-refractivity contribution >= 4 is 46.3 Å². The molecular formula is C17H18NO6S2-. The van der Waals surface area contributed by atoms with Crippen molar-refractivity contribution in [2.24, 2.45) is 5.92 Å². The Bertz CT molecular complexity index is 764. The molecule has 1 N–H and O–H groups in total. The van der Waals surface area contributed by atoms with E-state index in [1.165, 1.54) is 32.4 Å². The fourth-order valence-corrected chi connectivity index (χ4v) is 3.87. The van der Waals surface area contributed by atoms with Gasteiger partial charge < -0.3 is 24.5 Å². The van der Waals surface area contributed by atoms with Gasteiger partial charge >= 0.3 is 0 Å². The summed E-state index contributed by atoms with van der Waals surface area (Å²) >= 11 is 6.19. The third kappa shape index (κ3) is 3.78. The number of thiocarbonyl (C=S) groups is 1. The van der Waals surface area contributed by atoms with E-state index < -0.39 is 17.9 Å². The van der Waals surface area contributed by atoms with Crippen LogP contribution < -0.4 is 14.6 Å². The van der Waals surface area contributed by atoms with Crippen molar-refractivity contribution in [1.82, 2.24) is 4.90 Å². The van der Waals surface area contributed by atoms with Gasteiger partial charge in [0.25, 0.3) is 5.91 Å². The molecule has 2 rings (SSSR count). The summed E-state index contributed by atoms with van der Waals surface area (Å²) in [5.41, 5.74) is 0.534. The van der Waals surface area contributed by atoms with Gasteiger partial charge in [-0.25, -0.2) is 0 Å². The number of methoxy groups -OCH3 is 2. The lowest BCUT2D eigenvalue weighted by Crippen LogP contribution is -2.52. The van der Waals surface area contributed by atoms with Crippen LogP contribution >= 0.6 is 24.0 Å². The number of amides is 1. The molecule has 7 nitrogen and oxygen atoms in total. The van der Waals surface area contributed by atoms with Crippen LogP contribution in [0.25, 0.3) is 6.08 Å². The predicted molar refractivity (Wildman–Crippen MR) is 99.9 cm³/mol. The molecule has 0 aliphatic carbocycles. The van der Waals surface area contributed by atoms with Crippen molar-refractivity contribution in [3.63, 3.8) is 0 Å². The molecule has 1 saturated heterocycles. The van der Waals surface area contributed by atoms with Crippen molar-refractivity contribution < 1.29 is 29.3 Å². The Morgan fingerprint density at radius 1 is 1.31 bits per heavy atom. The number of thioether (sulfide) groups is 1. The average molecular weight is 396 g/mol. The van der Waals surface area contributed by atoms with Gasteiger partial charge in [0, 0.05) is 0 Å². The van der Waals surface area contributed by atoms with Crippen LogP contribution in [0.4, 0.5) is 0 Å². The van der Waals surface area contributed by atoms with Crippen LogP contribution in [-0.2, 0) is 9.59 Å². The van der Waals surface area contributed by atoms with E-state index in [0.29, 0.717) is 5.56 Å². The monoisotopic (exact) mass is 396 g/mol. The number of rotatable bonds is 6. The Morgan fingerprint density at radius 3 is 2.27 bits per heavy atom. The van der Waals surface area contributed by atoms with Crippen LogP contribution in [0.15, 0.2) is 17.0 Å². The minimum atomic E-state index is -1.36. The summed E-state index contributed by atoms with van der Waals surface area (Å²) in [6.07, 6.45) is 1.54. The summed E-state index contributed by atoms with van der Waals surface area (Å²) < 4.78 is 10.3. The number of benzene rings is 1. The largest absolute Gasteiger partial charge is 0.548 e. The van der Waals surface area contributed by atoms with Gasteiger partial charge in [-0.15, -0.1) is 0 Å². The number of phenols is 1. The first kappa shape index (κ1) is 20.1. The topological polar surface area (TPSA) is 99.1 Å². The molecule has 0 unspecified atom stereocenters. The average Bonchev–Trinajstić information content (AvgIpc) is 2.83. The van der Waals surface area contributed by atoms with Gasteiger partial charge in [-0.3, -0.25) is 9.69 Å². The first-order valence-electron chi connectivity index (χ1n) is 7.64. The van der Waals surface area contributed by atoms with Crippen molar-refractivity contribution in [1.29, 1.82) is 0 Å². The molecule has 0 spiro atoms.